The predicted molar refractivity (Wildman–Crippen MR) is 50.9 cm³/mol. The second kappa shape index (κ2) is 3.20. The third-order valence-electron chi connectivity index (χ3n) is 2.43. The van der Waals surface area contributed by atoms with Crippen LogP contribution in [-0.2, 0) is 7.05 Å². The lowest BCUT2D eigenvalue weighted by Crippen LogP contribution is -2.28. The first-order chi connectivity index (χ1) is 6.29. The molecule has 13 heavy (non-hydrogen) atoms. The summed E-state index contributed by atoms with van der Waals surface area (Å²) in [6.07, 6.45) is 3.98. The molecule has 2 rings (SSSR count). The van der Waals surface area contributed by atoms with Crippen LogP contribution in [0.5, 0.6) is 0 Å². The molecular formula is C9H13N3O. The van der Waals surface area contributed by atoms with Crippen molar-refractivity contribution in [2.75, 3.05) is 18.0 Å². The van der Waals surface area contributed by atoms with Crippen LogP contribution in [0.25, 0.3) is 0 Å². The van der Waals surface area contributed by atoms with Crippen molar-refractivity contribution in [1.29, 1.82) is 0 Å². The molecule has 0 aromatic carbocycles. The Hall–Kier alpha value is -1.32. The maximum absolute atomic E-state index is 11.3. The van der Waals surface area contributed by atoms with E-state index in [9.17, 15) is 4.79 Å². The Morgan fingerprint density at radius 3 is 2.77 bits per heavy atom. The molecule has 4 nitrogen and oxygen atoms in total. The van der Waals surface area contributed by atoms with Crippen LogP contribution in [0.1, 0.15) is 12.8 Å². The highest BCUT2D eigenvalue weighted by Gasteiger charge is 2.15. The molecule has 0 bridgehead atoms. The van der Waals surface area contributed by atoms with Crippen molar-refractivity contribution in [3.8, 4) is 0 Å². The normalized spacial score (nSPS) is 16.5. The summed E-state index contributed by atoms with van der Waals surface area (Å²) in [4.78, 5) is 17.7. The molecule has 70 valence electrons. The molecule has 0 spiro atoms. The van der Waals surface area contributed by atoms with Crippen molar-refractivity contribution >= 4 is 5.95 Å². The van der Waals surface area contributed by atoms with E-state index in [0.717, 1.165) is 19.0 Å². The third kappa shape index (κ3) is 1.43. The van der Waals surface area contributed by atoms with E-state index in [1.807, 2.05) is 0 Å². The van der Waals surface area contributed by atoms with E-state index >= 15 is 0 Å². The molecule has 0 saturated carbocycles. The summed E-state index contributed by atoms with van der Waals surface area (Å²) in [6.45, 7) is 2.04. The maximum atomic E-state index is 11.3. The first-order valence-corrected chi connectivity index (χ1v) is 4.56. The van der Waals surface area contributed by atoms with E-state index in [1.165, 1.54) is 18.9 Å². The standard InChI is InChI=1S/C9H13N3O/c1-11-8(13)4-5-10-9(11)12-6-2-3-7-12/h4-5H,2-3,6-7H2,1H3. The lowest BCUT2D eigenvalue weighted by atomic mass is 10.4. The van der Waals surface area contributed by atoms with E-state index in [1.54, 1.807) is 17.8 Å². The summed E-state index contributed by atoms with van der Waals surface area (Å²) >= 11 is 0. The van der Waals surface area contributed by atoms with Crippen LogP contribution in [0.15, 0.2) is 17.1 Å². The van der Waals surface area contributed by atoms with Crippen LogP contribution in [0.4, 0.5) is 5.95 Å². The van der Waals surface area contributed by atoms with Gasteiger partial charge in [0.2, 0.25) is 5.95 Å². The van der Waals surface area contributed by atoms with Gasteiger partial charge in [-0.05, 0) is 12.8 Å². The fraction of sp³-hybridized carbons (Fsp3) is 0.556. The highest BCUT2D eigenvalue weighted by atomic mass is 16.1. The summed E-state index contributed by atoms with van der Waals surface area (Å²) in [7, 11) is 1.77. The van der Waals surface area contributed by atoms with Gasteiger partial charge in [-0.2, -0.15) is 0 Å². The monoisotopic (exact) mass is 179 g/mol. The van der Waals surface area contributed by atoms with Crippen LogP contribution < -0.4 is 10.5 Å². The van der Waals surface area contributed by atoms with Gasteiger partial charge in [0, 0.05) is 32.4 Å². The van der Waals surface area contributed by atoms with Gasteiger partial charge in [-0.25, -0.2) is 4.98 Å². The second-order valence-corrected chi connectivity index (χ2v) is 3.34. The van der Waals surface area contributed by atoms with Gasteiger partial charge < -0.3 is 4.90 Å². The van der Waals surface area contributed by atoms with Crippen molar-refractivity contribution in [3.63, 3.8) is 0 Å². The zero-order valence-corrected chi connectivity index (χ0v) is 7.73. The topological polar surface area (TPSA) is 38.1 Å². The Kier molecular flexibility index (Phi) is 2.04. The Morgan fingerprint density at radius 2 is 2.08 bits per heavy atom. The fourth-order valence-corrected chi connectivity index (χ4v) is 1.68. The van der Waals surface area contributed by atoms with Crippen LogP contribution in [-0.4, -0.2) is 22.6 Å². The molecule has 1 aromatic heterocycles. The highest BCUT2D eigenvalue weighted by molar-refractivity contribution is 5.31. The van der Waals surface area contributed by atoms with E-state index in [2.05, 4.69) is 9.88 Å². The van der Waals surface area contributed by atoms with Gasteiger partial charge in [0.05, 0.1) is 0 Å². The minimum absolute atomic E-state index is 0.0110. The molecule has 1 aliphatic heterocycles. The molecule has 1 aliphatic rings. The molecular weight excluding hydrogens is 166 g/mol. The van der Waals surface area contributed by atoms with Crippen molar-refractivity contribution in [1.82, 2.24) is 9.55 Å². The van der Waals surface area contributed by atoms with Gasteiger partial charge in [0.15, 0.2) is 0 Å². The number of anilines is 1. The number of hydrogen-bond donors (Lipinski definition) is 0. The molecule has 0 radical (unpaired) electrons. The quantitative estimate of drug-likeness (QED) is 0.625. The van der Waals surface area contributed by atoms with E-state index in [-0.39, 0.29) is 5.56 Å². The zero-order chi connectivity index (χ0) is 9.26. The smallest absolute Gasteiger partial charge is 0.254 e. The minimum Gasteiger partial charge on any atom is -0.342 e. The average Bonchev–Trinajstić information content (AvgIpc) is 2.62. The predicted octanol–water partition coefficient (Wildman–Crippen LogP) is 0.381. The van der Waals surface area contributed by atoms with Gasteiger partial charge in [-0.3, -0.25) is 9.36 Å². The molecule has 4 heteroatoms. The lowest BCUT2D eigenvalue weighted by molar-refractivity contribution is 0.765. The maximum Gasteiger partial charge on any atom is 0.254 e. The summed E-state index contributed by atoms with van der Waals surface area (Å²) in [5, 5.41) is 0. The molecule has 0 unspecified atom stereocenters. The number of hydrogen-bond acceptors (Lipinski definition) is 3. The molecule has 0 atom stereocenters. The molecule has 0 N–H and O–H groups in total. The van der Waals surface area contributed by atoms with Gasteiger partial charge in [-0.15, -0.1) is 0 Å². The number of rotatable bonds is 1. The molecule has 1 aromatic rings. The Morgan fingerprint density at radius 1 is 1.38 bits per heavy atom. The first-order valence-electron chi connectivity index (χ1n) is 4.56. The third-order valence-corrected chi connectivity index (χ3v) is 2.43. The Balaban J connectivity index is 2.39. The van der Waals surface area contributed by atoms with Gasteiger partial charge in [0.25, 0.3) is 5.56 Å². The van der Waals surface area contributed by atoms with Crippen LogP contribution in [0.2, 0.25) is 0 Å². The van der Waals surface area contributed by atoms with Crippen molar-refractivity contribution in [2.45, 2.75) is 12.8 Å². The molecule has 2 heterocycles. The van der Waals surface area contributed by atoms with E-state index < -0.39 is 0 Å². The van der Waals surface area contributed by atoms with Gasteiger partial charge in [0.1, 0.15) is 0 Å². The largest absolute Gasteiger partial charge is 0.342 e. The van der Waals surface area contributed by atoms with Gasteiger partial charge in [-0.1, -0.05) is 0 Å². The Bertz CT molecular complexity index is 352. The first kappa shape index (κ1) is 8.29. The summed E-state index contributed by atoms with van der Waals surface area (Å²) in [6, 6.07) is 1.49. The fourth-order valence-electron chi connectivity index (χ4n) is 1.68. The molecule has 1 fully saturated rings. The second-order valence-electron chi connectivity index (χ2n) is 3.34. The van der Waals surface area contributed by atoms with Gasteiger partial charge >= 0.3 is 0 Å². The minimum atomic E-state index is 0.0110. The van der Waals surface area contributed by atoms with E-state index in [0.29, 0.717) is 0 Å². The van der Waals surface area contributed by atoms with Crippen molar-refractivity contribution < 1.29 is 0 Å². The van der Waals surface area contributed by atoms with Crippen LogP contribution in [0, 0.1) is 0 Å². The summed E-state index contributed by atoms with van der Waals surface area (Å²) in [5.41, 5.74) is 0.0110. The van der Waals surface area contributed by atoms with Crippen LogP contribution in [0.3, 0.4) is 0 Å². The van der Waals surface area contributed by atoms with Crippen LogP contribution >= 0.6 is 0 Å². The zero-order valence-electron chi connectivity index (χ0n) is 7.73. The summed E-state index contributed by atoms with van der Waals surface area (Å²) in [5.74, 6) is 0.796. The summed E-state index contributed by atoms with van der Waals surface area (Å²) < 4.78 is 1.60. The van der Waals surface area contributed by atoms with Crippen molar-refractivity contribution in [2.24, 2.45) is 7.05 Å². The lowest BCUT2D eigenvalue weighted by Gasteiger charge is -2.18. The molecule has 0 aliphatic carbocycles. The number of nitrogens with zero attached hydrogens (tertiary/aromatic N) is 3. The molecule has 1 saturated heterocycles. The van der Waals surface area contributed by atoms with Crippen molar-refractivity contribution in [3.05, 3.63) is 22.6 Å². The molecule has 0 amide bonds. The highest BCUT2D eigenvalue weighted by Crippen LogP contribution is 2.14. The van der Waals surface area contributed by atoms with E-state index in [4.69, 9.17) is 0 Å². The SMILES string of the molecule is Cn1c(N2CCCC2)nccc1=O. The number of aromatic nitrogens is 2. The Labute approximate surface area is 76.8 Å². The average molecular weight is 179 g/mol.